The van der Waals surface area contributed by atoms with Gasteiger partial charge < -0.3 is 10.6 Å². The molecular weight excluding hydrogens is 276 g/mol. The minimum Gasteiger partial charge on any atom is -0.385 e. The molecule has 0 unspecified atom stereocenters. The van der Waals surface area contributed by atoms with Crippen LogP contribution in [-0.4, -0.2) is 24.7 Å². The number of anilines is 3. The Bertz CT molecular complexity index is 585. The van der Waals surface area contributed by atoms with Crippen molar-refractivity contribution in [1.82, 2.24) is 9.88 Å². The quantitative estimate of drug-likeness (QED) is 0.340. The van der Waals surface area contributed by atoms with E-state index < -0.39 is 0 Å². The summed E-state index contributed by atoms with van der Waals surface area (Å²) in [4.78, 5) is 0. The summed E-state index contributed by atoms with van der Waals surface area (Å²) in [6.07, 6.45) is 5.13. The highest BCUT2D eigenvalue weighted by Crippen LogP contribution is 2.19. The summed E-state index contributed by atoms with van der Waals surface area (Å²) in [7, 11) is 5.99. The lowest BCUT2D eigenvalue weighted by atomic mass is 10.2. The number of nitrogens with one attached hydrogen (secondary N) is 4. The van der Waals surface area contributed by atoms with Crippen molar-refractivity contribution in [2.45, 2.75) is 13.3 Å². The van der Waals surface area contributed by atoms with E-state index in [0.29, 0.717) is 0 Å². The van der Waals surface area contributed by atoms with E-state index in [1.807, 2.05) is 42.7 Å². The second-order valence-corrected chi connectivity index (χ2v) is 5.51. The first-order chi connectivity index (χ1) is 10.6. The first-order valence-corrected chi connectivity index (χ1v) is 7.64. The first-order valence-electron chi connectivity index (χ1n) is 7.64. The molecule has 1 aromatic heterocycles. The monoisotopic (exact) mass is 303 g/mol. The van der Waals surface area contributed by atoms with Crippen LogP contribution in [-0.2, 0) is 14.1 Å². The Morgan fingerprint density at radius 2 is 2.00 bits per heavy atom. The molecular formula is C16H27N6+. The Kier molecular flexibility index (Phi) is 5.66. The standard InChI is InChI=1S/C16H26N6/c1-13-12-14(18-9-5-8-17-2)6-7-15(13)19-20-16-21(3)10-11-22(16)4/h6-7,10-12,17-19H,5,8-9H2,1-4H3/p+1. The summed E-state index contributed by atoms with van der Waals surface area (Å²) >= 11 is 0. The lowest BCUT2D eigenvalue weighted by Crippen LogP contribution is -2.32. The van der Waals surface area contributed by atoms with Gasteiger partial charge in [-0.15, -0.1) is 0 Å². The molecule has 0 saturated heterocycles. The highest BCUT2D eigenvalue weighted by Gasteiger charge is 2.10. The van der Waals surface area contributed by atoms with Crippen molar-refractivity contribution in [3.05, 3.63) is 36.2 Å². The average Bonchev–Trinajstić information content (AvgIpc) is 2.82. The number of rotatable bonds is 8. The van der Waals surface area contributed by atoms with Crippen molar-refractivity contribution in [2.75, 3.05) is 36.3 Å². The van der Waals surface area contributed by atoms with Gasteiger partial charge in [0.1, 0.15) is 0 Å². The summed E-state index contributed by atoms with van der Waals surface area (Å²) in [6, 6.07) is 6.35. The van der Waals surface area contributed by atoms with Crippen molar-refractivity contribution < 1.29 is 4.57 Å². The van der Waals surface area contributed by atoms with Gasteiger partial charge in [-0.3, -0.25) is 5.43 Å². The summed E-state index contributed by atoms with van der Waals surface area (Å²) in [5.41, 5.74) is 9.94. The summed E-state index contributed by atoms with van der Waals surface area (Å²) in [5, 5.41) is 6.59. The highest BCUT2D eigenvalue weighted by molar-refractivity contribution is 5.60. The number of hydrazine groups is 1. The van der Waals surface area contributed by atoms with Crippen LogP contribution >= 0.6 is 0 Å². The van der Waals surface area contributed by atoms with Gasteiger partial charge >= 0.3 is 5.95 Å². The second kappa shape index (κ2) is 7.70. The molecule has 0 atom stereocenters. The number of aromatic nitrogens is 2. The van der Waals surface area contributed by atoms with Crippen LogP contribution in [0.2, 0.25) is 0 Å². The smallest absolute Gasteiger partial charge is 0.378 e. The molecule has 6 nitrogen and oxygen atoms in total. The van der Waals surface area contributed by atoms with E-state index in [0.717, 1.165) is 36.8 Å². The summed E-state index contributed by atoms with van der Waals surface area (Å²) < 4.78 is 4.06. The Morgan fingerprint density at radius 1 is 1.18 bits per heavy atom. The molecule has 0 aliphatic heterocycles. The van der Waals surface area contributed by atoms with Crippen molar-refractivity contribution in [3.63, 3.8) is 0 Å². The molecule has 1 heterocycles. The Labute approximate surface area is 132 Å². The Morgan fingerprint density at radius 3 is 2.64 bits per heavy atom. The van der Waals surface area contributed by atoms with Gasteiger partial charge in [0.15, 0.2) is 0 Å². The van der Waals surface area contributed by atoms with Crippen LogP contribution in [0, 0.1) is 6.92 Å². The van der Waals surface area contributed by atoms with Gasteiger partial charge in [0.2, 0.25) is 0 Å². The topological polar surface area (TPSA) is 56.9 Å². The molecule has 0 fully saturated rings. The van der Waals surface area contributed by atoms with Gasteiger partial charge in [-0.05, 0) is 50.7 Å². The number of aryl methyl sites for hydroxylation is 3. The third kappa shape index (κ3) is 4.14. The van der Waals surface area contributed by atoms with Crippen LogP contribution in [0.1, 0.15) is 12.0 Å². The summed E-state index contributed by atoms with van der Waals surface area (Å²) in [6.45, 7) is 4.11. The van der Waals surface area contributed by atoms with E-state index in [1.165, 1.54) is 5.56 Å². The molecule has 6 heteroatoms. The van der Waals surface area contributed by atoms with Crippen LogP contribution in [0.4, 0.5) is 17.3 Å². The van der Waals surface area contributed by atoms with E-state index in [9.17, 15) is 0 Å². The molecule has 2 aromatic rings. The zero-order valence-corrected chi connectivity index (χ0v) is 13.9. The molecule has 2 rings (SSSR count). The Hall–Kier alpha value is -2.21. The van der Waals surface area contributed by atoms with Gasteiger partial charge in [0.25, 0.3) is 0 Å². The first kappa shape index (κ1) is 16.2. The largest absolute Gasteiger partial charge is 0.385 e. The third-order valence-electron chi connectivity index (χ3n) is 3.65. The van der Waals surface area contributed by atoms with Gasteiger partial charge in [-0.2, -0.15) is 5.43 Å². The van der Waals surface area contributed by atoms with Crippen LogP contribution in [0.5, 0.6) is 0 Å². The zero-order valence-electron chi connectivity index (χ0n) is 13.9. The molecule has 0 amide bonds. The van der Waals surface area contributed by atoms with Crippen molar-refractivity contribution in [1.29, 1.82) is 0 Å². The maximum Gasteiger partial charge on any atom is 0.378 e. The van der Waals surface area contributed by atoms with E-state index >= 15 is 0 Å². The Balaban J connectivity index is 1.92. The van der Waals surface area contributed by atoms with Gasteiger partial charge in [0, 0.05) is 12.2 Å². The average molecular weight is 303 g/mol. The maximum atomic E-state index is 3.44. The molecule has 0 spiro atoms. The van der Waals surface area contributed by atoms with Crippen LogP contribution < -0.4 is 26.1 Å². The SMILES string of the molecule is CNCCCNc1ccc(NNc2n(C)cc[n+]2C)c(C)c1. The van der Waals surface area contributed by atoms with Crippen LogP contribution in [0.15, 0.2) is 30.6 Å². The van der Waals surface area contributed by atoms with E-state index in [2.05, 4.69) is 46.6 Å². The van der Waals surface area contributed by atoms with Crippen LogP contribution in [0.25, 0.3) is 0 Å². The maximum absolute atomic E-state index is 3.44. The highest BCUT2D eigenvalue weighted by atomic mass is 15.4. The molecule has 4 N–H and O–H groups in total. The van der Waals surface area contributed by atoms with E-state index in [1.54, 1.807) is 0 Å². The minimum absolute atomic E-state index is 0.977. The predicted molar refractivity (Wildman–Crippen MR) is 92.0 cm³/mol. The number of hydrogen-bond acceptors (Lipinski definition) is 4. The van der Waals surface area contributed by atoms with Crippen molar-refractivity contribution in [3.8, 4) is 0 Å². The number of benzene rings is 1. The number of imidazole rings is 1. The van der Waals surface area contributed by atoms with Gasteiger partial charge in [-0.25, -0.2) is 9.13 Å². The molecule has 0 bridgehead atoms. The number of hydrogen-bond donors (Lipinski definition) is 4. The van der Waals surface area contributed by atoms with Crippen LogP contribution in [0.3, 0.4) is 0 Å². The predicted octanol–water partition coefficient (Wildman–Crippen LogP) is 1.62. The van der Waals surface area contributed by atoms with Gasteiger partial charge in [-0.1, -0.05) is 0 Å². The molecule has 120 valence electrons. The van der Waals surface area contributed by atoms with Crippen molar-refractivity contribution in [2.24, 2.45) is 14.1 Å². The fraction of sp³-hybridized carbons (Fsp3) is 0.438. The molecule has 0 aliphatic carbocycles. The molecule has 0 aliphatic rings. The molecule has 1 aromatic carbocycles. The summed E-state index contributed by atoms with van der Waals surface area (Å²) in [5.74, 6) is 0.994. The molecule has 0 radical (unpaired) electrons. The minimum atomic E-state index is 0.977. The van der Waals surface area contributed by atoms with Crippen molar-refractivity contribution >= 4 is 17.3 Å². The normalized spacial score (nSPS) is 10.5. The van der Waals surface area contributed by atoms with E-state index in [4.69, 9.17) is 0 Å². The lowest BCUT2D eigenvalue weighted by Gasteiger charge is -2.11. The number of nitrogens with zero attached hydrogens (tertiary/aromatic N) is 2. The zero-order chi connectivity index (χ0) is 15.9. The van der Waals surface area contributed by atoms with E-state index in [-0.39, 0.29) is 0 Å². The lowest BCUT2D eigenvalue weighted by molar-refractivity contribution is -0.656. The fourth-order valence-corrected chi connectivity index (χ4v) is 2.30. The second-order valence-electron chi connectivity index (χ2n) is 5.51. The fourth-order valence-electron chi connectivity index (χ4n) is 2.30. The van der Waals surface area contributed by atoms with Gasteiger partial charge in [0.05, 0.1) is 32.2 Å². The molecule has 22 heavy (non-hydrogen) atoms. The third-order valence-corrected chi connectivity index (χ3v) is 3.65. The molecule has 0 saturated carbocycles.